The van der Waals surface area contributed by atoms with Gasteiger partial charge >= 0.3 is 0 Å². The van der Waals surface area contributed by atoms with Crippen molar-refractivity contribution in [3.05, 3.63) is 35.4 Å². The van der Waals surface area contributed by atoms with E-state index in [0.717, 1.165) is 0 Å². The summed E-state index contributed by atoms with van der Waals surface area (Å²) in [6.07, 6.45) is 3.73. The first-order valence-corrected chi connectivity index (χ1v) is 9.23. The lowest BCUT2D eigenvalue weighted by molar-refractivity contribution is 0.382. The van der Waals surface area contributed by atoms with Crippen LogP contribution in [0.5, 0.6) is 0 Å². The molecule has 0 spiro atoms. The van der Waals surface area contributed by atoms with Crippen molar-refractivity contribution in [3.63, 3.8) is 0 Å². The number of anilines is 1. The van der Waals surface area contributed by atoms with Crippen LogP contribution in [0.1, 0.15) is 12.7 Å². The lowest BCUT2D eigenvalue weighted by atomic mass is 10.3. The first-order chi connectivity index (χ1) is 11.0. The number of H-pyrrole nitrogens is 1. The van der Waals surface area contributed by atoms with Gasteiger partial charge in [-0.05, 0) is 12.1 Å². The van der Waals surface area contributed by atoms with Crippen LogP contribution in [0.15, 0.2) is 29.6 Å². The van der Waals surface area contributed by atoms with Crippen molar-refractivity contribution in [2.45, 2.75) is 18.4 Å². The van der Waals surface area contributed by atoms with Crippen LogP contribution in [0.3, 0.4) is 0 Å². The van der Waals surface area contributed by atoms with Gasteiger partial charge in [-0.2, -0.15) is 4.31 Å². The highest BCUT2D eigenvalue weighted by Gasteiger charge is 2.30. The van der Waals surface area contributed by atoms with Gasteiger partial charge in [0.15, 0.2) is 5.03 Å². The van der Waals surface area contributed by atoms with Crippen LogP contribution in [0.4, 0.5) is 5.82 Å². The van der Waals surface area contributed by atoms with Crippen molar-refractivity contribution in [1.29, 1.82) is 0 Å². The number of pyridine rings is 1. The lowest BCUT2D eigenvalue weighted by Crippen LogP contribution is -2.49. The molecule has 1 aliphatic heterocycles. The Balaban J connectivity index is 1.72. The summed E-state index contributed by atoms with van der Waals surface area (Å²) in [5.41, 5.74) is 0. The Morgan fingerprint density at radius 1 is 1.26 bits per heavy atom. The zero-order valence-electron chi connectivity index (χ0n) is 12.7. The van der Waals surface area contributed by atoms with Crippen LogP contribution in [-0.4, -0.2) is 53.9 Å². The quantitative estimate of drug-likeness (QED) is 0.899. The molecule has 2 aromatic rings. The molecule has 1 aliphatic rings. The van der Waals surface area contributed by atoms with E-state index in [0.29, 0.717) is 49.3 Å². The van der Waals surface area contributed by atoms with Crippen molar-refractivity contribution in [3.8, 4) is 0 Å². The summed E-state index contributed by atoms with van der Waals surface area (Å²) in [5.74, 6) is 1.36. The van der Waals surface area contributed by atoms with E-state index in [1.165, 1.54) is 10.5 Å². The highest BCUT2D eigenvalue weighted by molar-refractivity contribution is 7.89. The smallest absolute Gasteiger partial charge is 0.260 e. The Labute approximate surface area is 140 Å². The fourth-order valence-electron chi connectivity index (χ4n) is 2.54. The summed E-state index contributed by atoms with van der Waals surface area (Å²) >= 11 is 6.15. The third-order valence-corrected chi connectivity index (χ3v) is 5.94. The van der Waals surface area contributed by atoms with Gasteiger partial charge in [0.2, 0.25) is 0 Å². The molecule has 0 saturated carbocycles. The third kappa shape index (κ3) is 3.19. The molecule has 0 aliphatic carbocycles. The minimum absolute atomic E-state index is 0.152. The minimum atomic E-state index is -3.53. The summed E-state index contributed by atoms with van der Waals surface area (Å²) < 4.78 is 26.7. The normalized spacial score (nSPS) is 16.7. The van der Waals surface area contributed by atoms with Gasteiger partial charge in [-0.25, -0.2) is 18.4 Å². The van der Waals surface area contributed by atoms with Crippen molar-refractivity contribution >= 4 is 27.4 Å². The van der Waals surface area contributed by atoms with Gasteiger partial charge in [0.1, 0.15) is 11.6 Å². The molecule has 0 aromatic carbocycles. The number of nitrogens with zero attached hydrogens (tertiary/aromatic N) is 4. The number of hydrogen-bond donors (Lipinski definition) is 1. The average Bonchev–Trinajstić information content (AvgIpc) is 3.05. The zero-order valence-corrected chi connectivity index (χ0v) is 14.3. The van der Waals surface area contributed by atoms with Gasteiger partial charge in [0.25, 0.3) is 10.0 Å². The molecule has 0 amide bonds. The number of halogens is 1. The van der Waals surface area contributed by atoms with Gasteiger partial charge in [0, 0.05) is 38.8 Å². The molecule has 2 aromatic heterocycles. The number of hydrogen-bond acceptors (Lipinski definition) is 5. The van der Waals surface area contributed by atoms with E-state index in [2.05, 4.69) is 15.0 Å². The van der Waals surface area contributed by atoms with E-state index in [4.69, 9.17) is 11.6 Å². The van der Waals surface area contributed by atoms with Crippen LogP contribution in [-0.2, 0) is 16.4 Å². The Hall–Kier alpha value is -1.64. The van der Waals surface area contributed by atoms with Crippen molar-refractivity contribution in [2.75, 3.05) is 31.1 Å². The van der Waals surface area contributed by atoms with E-state index in [-0.39, 0.29) is 5.03 Å². The molecule has 0 bridgehead atoms. The summed E-state index contributed by atoms with van der Waals surface area (Å²) in [7, 11) is -3.53. The van der Waals surface area contributed by atoms with Crippen LogP contribution >= 0.6 is 11.6 Å². The second kappa shape index (κ2) is 6.46. The summed E-state index contributed by atoms with van der Waals surface area (Å²) in [6.45, 7) is 3.78. The molecule has 3 heterocycles. The summed E-state index contributed by atoms with van der Waals surface area (Å²) in [6, 6.07) is 3.56. The van der Waals surface area contributed by atoms with Crippen molar-refractivity contribution in [1.82, 2.24) is 19.3 Å². The van der Waals surface area contributed by atoms with Crippen molar-refractivity contribution in [2.24, 2.45) is 0 Å². The predicted octanol–water partition coefficient (Wildman–Crippen LogP) is 1.53. The SMILES string of the molecule is CCc1ncc(S(=O)(=O)N2CCN(c3ncccc3Cl)CC2)[nH]1. The molecule has 23 heavy (non-hydrogen) atoms. The van der Waals surface area contributed by atoms with Crippen LogP contribution in [0.25, 0.3) is 0 Å². The fourth-order valence-corrected chi connectivity index (χ4v) is 4.14. The molecule has 0 atom stereocenters. The van der Waals surface area contributed by atoms with E-state index in [1.54, 1.807) is 18.3 Å². The number of piperazine rings is 1. The first-order valence-electron chi connectivity index (χ1n) is 7.42. The number of aromatic nitrogens is 3. The summed E-state index contributed by atoms with van der Waals surface area (Å²) in [4.78, 5) is 13.2. The number of nitrogens with one attached hydrogen (secondary N) is 1. The fraction of sp³-hybridized carbons (Fsp3) is 0.429. The zero-order chi connectivity index (χ0) is 16.4. The molecule has 0 unspecified atom stereocenters. The Kier molecular flexibility index (Phi) is 4.56. The molecular formula is C14H18ClN5O2S. The largest absolute Gasteiger partial charge is 0.353 e. The van der Waals surface area contributed by atoms with Crippen molar-refractivity contribution < 1.29 is 8.42 Å². The summed E-state index contributed by atoms with van der Waals surface area (Å²) in [5, 5.41) is 0.726. The maximum Gasteiger partial charge on any atom is 0.260 e. The van der Waals surface area contributed by atoms with Gasteiger partial charge in [0.05, 0.1) is 11.2 Å². The maximum atomic E-state index is 12.6. The van der Waals surface area contributed by atoms with Gasteiger partial charge in [-0.3, -0.25) is 0 Å². The Bertz CT molecular complexity index is 784. The van der Waals surface area contributed by atoms with Gasteiger partial charge in [-0.15, -0.1) is 0 Å². The number of sulfonamides is 1. The van der Waals surface area contributed by atoms with E-state index in [9.17, 15) is 8.42 Å². The highest BCUT2D eigenvalue weighted by atomic mass is 35.5. The van der Waals surface area contributed by atoms with Gasteiger partial charge in [-0.1, -0.05) is 18.5 Å². The number of rotatable bonds is 4. The molecule has 9 heteroatoms. The molecule has 124 valence electrons. The number of imidazole rings is 1. The first kappa shape index (κ1) is 16.2. The average molecular weight is 356 g/mol. The van der Waals surface area contributed by atoms with E-state index < -0.39 is 10.0 Å². The lowest BCUT2D eigenvalue weighted by Gasteiger charge is -2.34. The highest BCUT2D eigenvalue weighted by Crippen LogP contribution is 2.24. The number of aromatic amines is 1. The molecular weight excluding hydrogens is 338 g/mol. The van der Waals surface area contributed by atoms with Crippen LogP contribution < -0.4 is 4.90 Å². The standard InChI is InChI=1S/C14H18ClN5O2S/c1-2-12-17-10-13(18-12)23(21,22)20-8-6-19(7-9-20)14-11(15)4-3-5-16-14/h3-5,10H,2,6-9H2,1H3,(H,17,18). The monoisotopic (exact) mass is 355 g/mol. The predicted molar refractivity (Wildman–Crippen MR) is 88.2 cm³/mol. The molecule has 1 N–H and O–H groups in total. The molecule has 0 radical (unpaired) electrons. The molecule has 7 nitrogen and oxygen atoms in total. The third-order valence-electron chi connectivity index (χ3n) is 3.84. The van der Waals surface area contributed by atoms with Crippen LogP contribution in [0, 0.1) is 0 Å². The molecule has 3 rings (SSSR count). The van der Waals surface area contributed by atoms with Crippen LogP contribution in [0.2, 0.25) is 5.02 Å². The minimum Gasteiger partial charge on any atom is -0.353 e. The topological polar surface area (TPSA) is 82.2 Å². The second-order valence-corrected chi connectivity index (χ2v) is 7.56. The number of aryl methyl sites for hydroxylation is 1. The second-order valence-electron chi connectivity index (χ2n) is 5.25. The Morgan fingerprint density at radius 2 is 2.00 bits per heavy atom. The van der Waals surface area contributed by atoms with E-state index >= 15 is 0 Å². The molecule has 1 saturated heterocycles. The van der Waals surface area contributed by atoms with Gasteiger partial charge < -0.3 is 9.88 Å². The van der Waals surface area contributed by atoms with E-state index in [1.807, 2.05) is 11.8 Å². The maximum absolute atomic E-state index is 12.6. The Morgan fingerprint density at radius 3 is 2.61 bits per heavy atom. The molecule has 1 fully saturated rings.